The van der Waals surface area contributed by atoms with Crippen LogP contribution in [0.4, 0.5) is 4.39 Å². The van der Waals surface area contributed by atoms with E-state index in [4.69, 9.17) is 0 Å². The molecule has 1 saturated carbocycles. The van der Waals surface area contributed by atoms with E-state index in [-0.39, 0.29) is 11.9 Å². The predicted octanol–water partition coefficient (Wildman–Crippen LogP) is 3.23. The van der Waals surface area contributed by atoms with Crippen LogP contribution >= 0.6 is 0 Å². The van der Waals surface area contributed by atoms with Crippen LogP contribution < -0.4 is 0 Å². The van der Waals surface area contributed by atoms with Crippen LogP contribution in [-0.2, 0) is 6.42 Å². The number of aryl methyl sites for hydroxylation is 1. The van der Waals surface area contributed by atoms with Gasteiger partial charge in [-0.2, -0.15) is 0 Å². The second kappa shape index (κ2) is 4.96. The first-order valence-corrected chi connectivity index (χ1v) is 6.10. The molecule has 0 amide bonds. The Balaban J connectivity index is 2.10. The largest absolute Gasteiger partial charge is 0.393 e. The maximum atomic E-state index is 13.1. The topological polar surface area (TPSA) is 20.2 Å². The van der Waals surface area contributed by atoms with Gasteiger partial charge in [0, 0.05) is 0 Å². The van der Waals surface area contributed by atoms with Gasteiger partial charge in [0.05, 0.1) is 6.10 Å². The summed E-state index contributed by atoms with van der Waals surface area (Å²) in [4.78, 5) is 0. The SMILES string of the molecule is Cc1ccc(F)cc1CC1CCCCC1O. The molecule has 0 radical (unpaired) electrons. The monoisotopic (exact) mass is 222 g/mol. The Morgan fingerprint density at radius 1 is 1.31 bits per heavy atom. The van der Waals surface area contributed by atoms with Gasteiger partial charge < -0.3 is 5.11 Å². The molecule has 2 rings (SSSR count). The van der Waals surface area contributed by atoms with E-state index in [1.165, 1.54) is 12.5 Å². The highest BCUT2D eigenvalue weighted by Gasteiger charge is 2.23. The normalized spacial score (nSPS) is 25.7. The van der Waals surface area contributed by atoms with Gasteiger partial charge in [-0.15, -0.1) is 0 Å². The number of hydrogen-bond donors (Lipinski definition) is 1. The van der Waals surface area contributed by atoms with Gasteiger partial charge in [-0.25, -0.2) is 4.39 Å². The molecule has 0 aliphatic heterocycles. The standard InChI is InChI=1S/C14H19FO/c1-10-6-7-13(15)9-12(10)8-11-4-2-3-5-14(11)16/h6-7,9,11,14,16H,2-5,8H2,1H3. The molecule has 1 N–H and O–H groups in total. The number of aliphatic hydroxyl groups is 1. The van der Waals surface area contributed by atoms with E-state index in [0.717, 1.165) is 36.8 Å². The molecular weight excluding hydrogens is 203 g/mol. The third kappa shape index (κ3) is 2.62. The summed E-state index contributed by atoms with van der Waals surface area (Å²) in [6.07, 6.45) is 4.90. The zero-order chi connectivity index (χ0) is 11.5. The Hall–Kier alpha value is -0.890. The van der Waals surface area contributed by atoms with Crippen molar-refractivity contribution in [1.29, 1.82) is 0 Å². The van der Waals surface area contributed by atoms with Gasteiger partial charge in [-0.05, 0) is 55.4 Å². The van der Waals surface area contributed by atoms with Crippen LogP contribution in [0.5, 0.6) is 0 Å². The third-order valence-electron chi connectivity index (χ3n) is 3.66. The van der Waals surface area contributed by atoms with Gasteiger partial charge in [0.1, 0.15) is 5.82 Å². The molecular formula is C14H19FO. The zero-order valence-corrected chi connectivity index (χ0v) is 9.75. The molecule has 0 aromatic heterocycles. The van der Waals surface area contributed by atoms with Gasteiger partial charge in [0.25, 0.3) is 0 Å². The molecule has 16 heavy (non-hydrogen) atoms. The smallest absolute Gasteiger partial charge is 0.123 e. The van der Waals surface area contributed by atoms with Crippen LogP contribution in [0.2, 0.25) is 0 Å². The summed E-state index contributed by atoms with van der Waals surface area (Å²) in [5.74, 6) is 0.139. The van der Waals surface area contributed by atoms with E-state index in [0.29, 0.717) is 5.92 Å². The van der Waals surface area contributed by atoms with Crippen molar-refractivity contribution in [2.45, 2.75) is 45.1 Å². The maximum absolute atomic E-state index is 13.1. The molecule has 0 bridgehead atoms. The lowest BCUT2D eigenvalue weighted by Gasteiger charge is -2.28. The number of rotatable bonds is 2. The van der Waals surface area contributed by atoms with Crippen LogP contribution in [0.25, 0.3) is 0 Å². The fourth-order valence-corrected chi connectivity index (χ4v) is 2.57. The van der Waals surface area contributed by atoms with Gasteiger partial charge in [0.15, 0.2) is 0 Å². The first-order valence-electron chi connectivity index (χ1n) is 6.10. The molecule has 0 heterocycles. The molecule has 1 aromatic carbocycles. The van der Waals surface area contributed by atoms with E-state index in [9.17, 15) is 9.50 Å². The highest BCUT2D eigenvalue weighted by Crippen LogP contribution is 2.28. The van der Waals surface area contributed by atoms with Crippen LogP contribution in [0, 0.1) is 18.7 Å². The first kappa shape index (κ1) is 11.6. The number of halogens is 1. The average Bonchev–Trinajstić information content (AvgIpc) is 2.27. The van der Waals surface area contributed by atoms with Gasteiger partial charge in [-0.3, -0.25) is 0 Å². The Bertz CT molecular complexity index is 362. The predicted molar refractivity (Wildman–Crippen MR) is 62.8 cm³/mol. The quantitative estimate of drug-likeness (QED) is 0.814. The van der Waals surface area contributed by atoms with Gasteiger partial charge in [-0.1, -0.05) is 18.9 Å². The van der Waals surface area contributed by atoms with Gasteiger partial charge in [0.2, 0.25) is 0 Å². The van der Waals surface area contributed by atoms with E-state index in [1.54, 1.807) is 6.07 Å². The summed E-state index contributed by atoms with van der Waals surface area (Å²) in [5, 5.41) is 9.90. The van der Waals surface area contributed by atoms with Crippen LogP contribution in [0.15, 0.2) is 18.2 Å². The van der Waals surface area contributed by atoms with Crippen molar-refractivity contribution in [2.24, 2.45) is 5.92 Å². The first-order chi connectivity index (χ1) is 7.66. The van der Waals surface area contributed by atoms with Crippen LogP contribution in [-0.4, -0.2) is 11.2 Å². The van der Waals surface area contributed by atoms with Crippen molar-refractivity contribution < 1.29 is 9.50 Å². The second-order valence-corrected chi connectivity index (χ2v) is 4.89. The minimum absolute atomic E-state index is 0.175. The molecule has 2 atom stereocenters. The van der Waals surface area contributed by atoms with Crippen LogP contribution in [0.1, 0.15) is 36.8 Å². The van der Waals surface area contributed by atoms with E-state index >= 15 is 0 Å². The van der Waals surface area contributed by atoms with E-state index in [2.05, 4.69) is 0 Å². The lowest BCUT2D eigenvalue weighted by atomic mass is 9.82. The maximum Gasteiger partial charge on any atom is 0.123 e. The minimum Gasteiger partial charge on any atom is -0.393 e. The zero-order valence-electron chi connectivity index (χ0n) is 9.75. The number of aliphatic hydroxyl groups excluding tert-OH is 1. The van der Waals surface area contributed by atoms with E-state index < -0.39 is 0 Å². The molecule has 0 spiro atoms. The third-order valence-corrected chi connectivity index (χ3v) is 3.66. The van der Waals surface area contributed by atoms with Crippen molar-refractivity contribution in [1.82, 2.24) is 0 Å². The molecule has 2 heteroatoms. The second-order valence-electron chi connectivity index (χ2n) is 4.89. The molecule has 1 aliphatic carbocycles. The van der Waals surface area contributed by atoms with E-state index in [1.807, 2.05) is 13.0 Å². The summed E-state index contributed by atoms with van der Waals surface area (Å²) in [6, 6.07) is 4.92. The Kier molecular flexibility index (Phi) is 3.59. The molecule has 88 valence electrons. The highest BCUT2D eigenvalue weighted by atomic mass is 19.1. The fourth-order valence-electron chi connectivity index (χ4n) is 2.57. The summed E-state index contributed by atoms with van der Waals surface area (Å²) < 4.78 is 13.1. The lowest BCUT2D eigenvalue weighted by molar-refractivity contribution is 0.0699. The number of hydrogen-bond acceptors (Lipinski definition) is 1. The molecule has 0 saturated heterocycles. The molecule has 1 nitrogen and oxygen atoms in total. The molecule has 1 fully saturated rings. The summed E-state index contributed by atoms with van der Waals surface area (Å²) in [7, 11) is 0. The molecule has 2 unspecified atom stereocenters. The summed E-state index contributed by atoms with van der Waals surface area (Å²) >= 11 is 0. The summed E-state index contributed by atoms with van der Waals surface area (Å²) in [6.45, 7) is 2.00. The Morgan fingerprint density at radius 2 is 2.06 bits per heavy atom. The Labute approximate surface area is 96.3 Å². The van der Waals surface area contributed by atoms with Gasteiger partial charge >= 0.3 is 0 Å². The average molecular weight is 222 g/mol. The highest BCUT2D eigenvalue weighted by molar-refractivity contribution is 5.27. The minimum atomic E-state index is -0.198. The summed E-state index contributed by atoms with van der Waals surface area (Å²) in [5.41, 5.74) is 2.17. The van der Waals surface area contributed by atoms with Crippen molar-refractivity contribution in [3.8, 4) is 0 Å². The van der Waals surface area contributed by atoms with Crippen molar-refractivity contribution in [3.63, 3.8) is 0 Å². The van der Waals surface area contributed by atoms with Crippen molar-refractivity contribution in [3.05, 3.63) is 35.1 Å². The van der Waals surface area contributed by atoms with Crippen molar-refractivity contribution >= 4 is 0 Å². The molecule has 1 aliphatic rings. The fraction of sp³-hybridized carbons (Fsp3) is 0.571. The van der Waals surface area contributed by atoms with Crippen LogP contribution in [0.3, 0.4) is 0 Å². The van der Waals surface area contributed by atoms with Crippen molar-refractivity contribution in [2.75, 3.05) is 0 Å². The lowest BCUT2D eigenvalue weighted by Crippen LogP contribution is -2.26. The molecule has 1 aromatic rings. The Morgan fingerprint density at radius 3 is 2.81 bits per heavy atom. The number of benzene rings is 1.